The van der Waals surface area contributed by atoms with Crippen LogP contribution in [0.1, 0.15) is 44.9 Å². The predicted molar refractivity (Wildman–Crippen MR) is 81.6 cm³/mol. The summed E-state index contributed by atoms with van der Waals surface area (Å²) >= 11 is 0. The number of rotatable bonds is 4. The highest BCUT2D eigenvalue weighted by Gasteiger charge is 2.31. The maximum atomic E-state index is 11.8. The first-order chi connectivity index (χ1) is 8.89. The van der Waals surface area contributed by atoms with Crippen LogP contribution in [-0.2, 0) is 14.6 Å². The summed E-state index contributed by atoms with van der Waals surface area (Å²) in [5.41, 5.74) is 5.99. The van der Waals surface area contributed by atoms with Gasteiger partial charge in [0.1, 0.15) is 0 Å². The molecule has 0 spiro atoms. The number of halogens is 1. The number of amides is 1. The third-order valence-corrected chi connectivity index (χ3v) is 6.12. The molecule has 3 N–H and O–H groups in total. The number of hydrogen-bond acceptors (Lipinski definition) is 4. The van der Waals surface area contributed by atoms with Gasteiger partial charge in [0.2, 0.25) is 5.91 Å². The van der Waals surface area contributed by atoms with Crippen LogP contribution in [0.5, 0.6) is 0 Å². The zero-order chi connectivity index (χ0) is 13.9. The van der Waals surface area contributed by atoms with Gasteiger partial charge in [0.15, 0.2) is 9.84 Å². The van der Waals surface area contributed by atoms with E-state index >= 15 is 0 Å². The van der Waals surface area contributed by atoms with E-state index in [0.29, 0.717) is 19.4 Å². The van der Waals surface area contributed by atoms with Crippen molar-refractivity contribution in [3.63, 3.8) is 0 Å². The first-order valence-corrected chi connectivity index (χ1v) is 8.97. The van der Waals surface area contributed by atoms with Gasteiger partial charge in [-0.3, -0.25) is 4.79 Å². The van der Waals surface area contributed by atoms with Crippen LogP contribution in [0.15, 0.2) is 0 Å². The zero-order valence-corrected chi connectivity index (χ0v) is 13.4. The molecule has 2 aliphatic rings. The van der Waals surface area contributed by atoms with Crippen molar-refractivity contribution >= 4 is 28.2 Å². The molecular formula is C13H25ClN2O3S. The van der Waals surface area contributed by atoms with Gasteiger partial charge in [0.05, 0.1) is 11.5 Å². The molecule has 1 amide bonds. The molecule has 20 heavy (non-hydrogen) atoms. The van der Waals surface area contributed by atoms with Crippen molar-refractivity contribution < 1.29 is 13.2 Å². The summed E-state index contributed by atoms with van der Waals surface area (Å²) in [6, 6.07) is 0. The van der Waals surface area contributed by atoms with Gasteiger partial charge in [0.25, 0.3) is 0 Å². The minimum Gasteiger partial charge on any atom is -0.354 e. The molecule has 0 radical (unpaired) electrons. The number of hydrogen-bond donors (Lipinski definition) is 2. The maximum Gasteiger partial charge on any atom is 0.220 e. The van der Waals surface area contributed by atoms with Crippen LogP contribution in [-0.4, -0.2) is 37.9 Å². The van der Waals surface area contributed by atoms with E-state index < -0.39 is 9.84 Å². The van der Waals surface area contributed by atoms with E-state index in [9.17, 15) is 13.2 Å². The van der Waals surface area contributed by atoms with Gasteiger partial charge in [-0.15, -0.1) is 12.4 Å². The predicted octanol–water partition coefficient (Wildman–Crippen LogP) is 1.01. The van der Waals surface area contributed by atoms with Crippen molar-refractivity contribution in [3.05, 3.63) is 0 Å². The summed E-state index contributed by atoms with van der Waals surface area (Å²) in [7, 11) is -2.89. The third kappa shape index (κ3) is 5.22. The first-order valence-electron chi connectivity index (χ1n) is 7.15. The zero-order valence-electron chi connectivity index (χ0n) is 11.8. The van der Waals surface area contributed by atoms with E-state index in [0.717, 1.165) is 25.7 Å². The minimum absolute atomic E-state index is 0. The van der Waals surface area contributed by atoms with Crippen molar-refractivity contribution in [2.75, 3.05) is 18.1 Å². The van der Waals surface area contributed by atoms with Gasteiger partial charge < -0.3 is 11.1 Å². The van der Waals surface area contributed by atoms with E-state index in [1.807, 2.05) is 0 Å². The van der Waals surface area contributed by atoms with E-state index in [-0.39, 0.29) is 41.3 Å². The Morgan fingerprint density at radius 2 is 1.90 bits per heavy atom. The van der Waals surface area contributed by atoms with Gasteiger partial charge >= 0.3 is 0 Å². The monoisotopic (exact) mass is 324 g/mol. The highest BCUT2D eigenvalue weighted by atomic mass is 35.5. The second-order valence-corrected chi connectivity index (χ2v) is 8.40. The molecule has 1 unspecified atom stereocenters. The molecule has 1 saturated heterocycles. The number of carbonyl (C=O) groups excluding carboxylic acids is 1. The van der Waals surface area contributed by atoms with Crippen molar-refractivity contribution in [1.29, 1.82) is 0 Å². The summed E-state index contributed by atoms with van der Waals surface area (Å²) < 4.78 is 22.7. The lowest BCUT2D eigenvalue weighted by atomic mass is 9.82. The lowest BCUT2D eigenvalue weighted by Crippen LogP contribution is -2.51. The van der Waals surface area contributed by atoms with Crippen molar-refractivity contribution in [1.82, 2.24) is 5.32 Å². The summed E-state index contributed by atoms with van der Waals surface area (Å²) in [6.45, 7) is 0.519. The van der Waals surface area contributed by atoms with Gasteiger partial charge in [-0.05, 0) is 25.2 Å². The smallest absolute Gasteiger partial charge is 0.220 e. The normalized spacial score (nSPS) is 27.6. The highest BCUT2D eigenvalue weighted by molar-refractivity contribution is 7.91. The lowest BCUT2D eigenvalue weighted by molar-refractivity contribution is -0.122. The Bertz CT molecular complexity index is 433. The SMILES string of the molecule is Cl.NC1(CNC(=O)CC2CCS(=O)(=O)C2)CCCCC1. The molecule has 2 fully saturated rings. The summed E-state index contributed by atoms with van der Waals surface area (Å²) in [6.07, 6.45) is 6.35. The number of sulfone groups is 1. The van der Waals surface area contributed by atoms with Gasteiger partial charge in [-0.25, -0.2) is 8.42 Å². The Kier molecular flexibility index (Phi) is 6.28. The average molecular weight is 325 g/mol. The lowest BCUT2D eigenvalue weighted by Gasteiger charge is -2.33. The first kappa shape index (κ1) is 17.7. The van der Waals surface area contributed by atoms with Gasteiger partial charge in [-0.1, -0.05) is 19.3 Å². The standard InChI is InChI=1S/C13H24N2O3S.ClH/c14-13(5-2-1-3-6-13)10-15-12(16)8-11-4-7-19(17,18)9-11;/h11H,1-10,14H2,(H,15,16);1H. The molecule has 1 saturated carbocycles. The maximum absolute atomic E-state index is 11.8. The fraction of sp³-hybridized carbons (Fsp3) is 0.923. The Balaban J connectivity index is 0.00000200. The molecule has 1 aliphatic heterocycles. The molecule has 1 atom stereocenters. The molecule has 0 aromatic heterocycles. The van der Waals surface area contributed by atoms with Crippen LogP contribution in [0, 0.1) is 5.92 Å². The Labute approximate surface area is 127 Å². The average Bonchev–Trinajstić information content (AvgIpc) is 2.67. The molecule has 0 aromatic rings. The Hall–Kier alpha value is -0.330. The fourth-order valence-corrected chi connectivity index (χ4v) is 4.94. The van der Waals surface area contributed by atoms with Crippen molar-refractivity contribution in [2.24, 2.45) is 11.7 Å². The van der Waals surface area contributed by atoms with E-state index in [1.54, 1.807) is 0 Å². The van der Waals surface area contributed by atoms with E-state index in [2.05, 4.69) is 5.32 Å². The van der Waals surface area contributed by atoms with Crippen molar-refractivity contribution in [2.45, 2.75) is 50.5 Å². The second-order valence-electron chi connectivity index (χ2n) is 6.17. The minimum atomic E-state index is -2.89. The Morgan fingerprint density at radius 1 is 1.25 bits per heavy atom. The van der Waals surface area contributed by atoms with Crippen LogP contribution in [0.25, 0.3) is 0 Å². The quantitative estimate of drug-likeness (QED) is 0.807. The summed E-state index contributed by atoms with van der Waals surface area (Å²) in [5.74, 6) is 0.322. The molecule has 0 aromatic carbocycles. The number of nitrogens with two attached hydrogens (primary N) is 1. The molecule has 7 heteroatoms. The molecule has 1 heterocycles. The van der Waals surface area contributed by atoms with Crippen LogP contribution in [0.2, 0.25) is 0 Å². The van der Waals surface area contributed by atoms with Crippen LogP contribution >= 0.6 is 12.4 Å². The fourth-order valence-electron chi connectivity index (χ4n) is 3.07. The number of nitrogens with one attached hydrogen (secondary N) is 1. The number of carbonyl (C=O) groups is 1. The van der Waals surface area contributed by atoms with Crippen molar-refractivity contribution in [3.8, 4) is 0 Å². The second kappa shape index (κ2) is 7.09. The largest absolute Gasteiger partial charge is 0.354 e. The summed E-state index contributed by atoms with van der Waals surface area (Å²) in [4.78, 5) is 11.8. The molecule has 1 aliphatic carbocycles. The molecule has 2 rings (SSSR count). The van der Waals surface area contributed by atoms with Crippen LogP contribution < -0.4 is 11.1 Å². The van der Waals surface area contributed by atoms with Gasteiger partial charge in [-0.2, -0.15) is 0 Å². The van der Waals surface area contributed by atoms with E-state index in [1.165, 1.54) is 6.42 Å². The molecule has 0 bridgehead atoms. The molecule has 5 nitrogen and oxygen atoms in total. The topological polar surface area (TPSA) is 89.3 Å². The van der Waals surface area contributed by atoms with Crippen LogP contribution in [0.3, 0.4) is 0 Å². The highest BCUT2D eigenvalue weighted by Crippen LogP contribution is 2.25. The molecular weight excluding hydrogens is 300 g/mol. The summed E-state index contributed by atoms with van der Waals surface area (Å²) in [5, 5.41) is 2.89. The van der Waals surface area contributed by atoms with Crippen LogP contribution in [0.4, 0.5) is 0 Å². The van der Waals surface area contributed by atoms with Gasteiger partial charge in [0, 0.05) is 18.5 Å². The van der Waals surface area contributed by atoms with E-state index in [4.69, 9.17) is 5.73 Å². The molecule has 118 valence electrons. The third-order valence-electron chi connectivity index (χ3n) is 4.29. The Morgan fingerprint density at radius 3 is 2.45 bits per heavy atom.